The average Bonchev–Trinajstić information content (AvgIpc) is 2.35. The van der Waals surface area contributed by atoms with E-state index in [9.17, 15) is 4.79 Å². The van der Waals surface area contributed by atoms with E-state index in [1.807, 2.05) is 0 Å². The lowest BCUT2D eigenvalue weighted by Gasteiger charge is -2.05. The molecule has 0 aliphatic carbocycles. The van der Waals surface area contributed by atoms with Crippen molar-refractivity contribution in [3.63, 3.8) is 0 Å². The summed E-state index contributed by atoms with van der Waals surface area (Å²) < 4.78 is 0. The number of hydrogen-bond donors (Lipinski definition) is 1. The van der Waals surface area contributed by atoms with E-state index in [0.717, 1.165) is 0 Å². The predicted octanol–water partition coefficient (Wildman–Crippen LogP) is 4.41. The van der Waals surface area contributed by atoms with Gasteiger partial charge in [0.05, 0.1) is 26.3 Å². The summed E-state index contributed by atoms with van der Waals surface area (Å²) in [5.41, 5.74) is 1.22. The van der Waals surface area contributed by atoms with Gasteiger partial charge in [0.15, 0.2) is 0 Å². The Morgan fingerprint density at radius 2 is 1.72 bits per heavy atom. The molecule has 0 aliphatic rings. The van der Waals surface area contributed by atoms with Crippen LogP contribution in [-0.2, 0) is 0 Å². The fourth-order valence-corrected chi connectivity index (χ4v) is 2.02. The molecule has 18 heavy (non-hydrogen) atoms. The van der Waals surface area contributed by atoms with Crippen LogP contribution in [0.3, 0.4) is 0 Å². The summed E-state index contributed by atoms with van der Waals surface area (Å²) in [6.07, 6.45) is 1.41. The van der Waals surface area contributed by atoms with Gasteiger partial charge in [-0.05, 0) is 24.3 Å². The largest absolute Gasteiger partial charge is 0.478 e. The van der Waals surface area contributed by atoms with Crippen LogP contribution < -0.4 is 0 Å². The van der Waals surface area contributed by atoms with Crippen molar-refractivity contribution >= 4 is 40.8 Å². The van der Waals surface area contributed by atoms with Crippen LogP contribution in [0.2, 0.25) is 15.1 Å². The monoisotopic (exact) mass is 301 g/mol. The molecule has 1 aromatic heterocycles. The van der Waals surface area contributed by atoms with Gasteiger partial charge >= 0.3 is 5.97 Å². The van der Waals surface area contributed by atoms with Gasteiger partial charge in [-0.1, -0.05) is 34.8 Å². The van der Waals surface area contributed by atoms with E-state index in [4.69, 9.17) is 39.9 Å². The van der Waals surface area contributed by atoms with Crippen LogP contribution in [0.15, 0.2) is 30.5 Å². The number of hydrogen-bond acceptors (Lipinski definition) is 2. The maximum Gasteiger partial charge on any atom is 0.335 e. The van der Waals surface area contributed by atoms with E-state index in [0.29, 0.717) is 21.3 Å². The topological polar surface area (TPSA) is 50.2 Å². The number of carboxylic acids is 1. The molecule has 92 valence electrons. The van der Waals surface area contributed by atoms with Crippen molar-refractivity contribution in [3.05, 3.63) is 51.1 Å². The summed E-state index contributed by atoms with van der Waals surface area (Å²) in [6.45, 7) is 0. The Balaban J connectivity index is 2.55. The van der Waals surface area contributed by atoms with Crippen LogP contribution in [0.1, 0.15) is 10.4 Å². The molecule has 0 bridgehead atoms. The van der Waals surface area contributed by atoms with Gasteiger partial charge in [-0.3, -0.25) is 4.98 Å². The first-order valence-electron chi connectivity index (χ1n) is 4.83. The van der Waals surface area contributed by atoms with Crippen LogP contribution in [0.25, 0.3) is 11.3 Å². The van der Waals surface area contributed by atoms with Crippen LogP contribution in [0.4, 0.5) is 0 Å². The Hall–Kier alpha value is -1.29. The zero-order valence-corrected chi connectivity index (χ0v) is 11.1. The first-order valence-corrected chi connectivity index (χ1v) is 5.96. The highest BCUT2D eigenvalue weighted by molar-refractivity contribution is 6.48. The fraction of sp³-hybridized carbons (Fsp3) is 0. The minimum absolute atomic E-state index is 0.141. The molecule has 0 saturated carbocycles. The second-order valence-electron chi connectivity index (χ2n) is 3.49. The van der Waals surface area contributed by atoms with Gasteiger partial charge in [0, 0.05) is 11.8 Å². The zero-order chi connectivity index (χ0) is 13.3. The van der Waals surface area contributed by atoms with Crippen molar-refractivity contribution in [2.75, 3.05) is 0 Å². The maximum atomic E-state index is 10.9. The average molecular weight is 303 g/mol. The summed E-state index contributed by atoms with van der Waals surface area (Å²) >= 11 is 17.7. The molecule has 0 aliphatic heterocycles. The highest BCUT2D eigenvalue weighted by atomic mass is 35.5. The third-order valence-corrected chi connectivity index (χ3v) is 3.48. The van der Waals surface area contributed by atoms with Crippen LogP contribution in [-0.4, -0.2) is 16.1 Å². The highest BCUT2D eigenvalue weighted by Gasteiger charge is 2.10. The van der Waals surface area contributed by atoms with Gasteiger partial charge in [-0.2, -0.15) is 0 Å². The normalized spacial score (nSPS) is 10.4. The Morgan fingerprint density at radius 1 is 1.11 bits per heavy atom. The van der Waals surface area contributed by atoms with Crippen molar-refractivity contribution in [1.82, 2.24) is 4.98 Å². The van der Waals surface area contributed by atoms with Crippen molar-refractivity contribution in [2.24, 2.45) is 0 Å². The molecule has 1 N–H and O–H groups in total. The molecule has 0 radical (unpaired) electrons. The van der Waals surface area contributed by atoms with Gasteiger partial charge in [-0.25, -0.2) is 4.79 Å². The Labute approximate surface area is 118 Å². The van der Waals surface area contributed by atoms with Gasteiger partial charge in [-0.15, -0.1) is 0 Å². The molecule has 0 atom stereocenters. The van der Waals surface area contributed by atoms with E-state index < -0.39 is 5.97 Å². The molecule has 2 aromatic rings. The van der Waals surface area contributed by atoms with Gasteiger partial charge in [0.1, 0.15) is 0 Å². The van der Waals surface area contributed by atoms with E-state index in [1.54, 1.807) is 12.1 Å². The Kier molecular flexibility index (Phi) is 3.76. The minimum atomic E-state index is -1.02. The summed E-state index contributed by atoms with van der Waals surface area (Å²) in [7, 11) is 0. The van der Waals surface area contributed by atoms with Gasteiger partial charge in [0.2, 0.25) is 0 Å². The Morgan fingerprint density at radius 3 is 2.28 bits per heavy atom. The summed E-state index contributed by atoms with van der Waals surface area (Å²) in [5, 5.41) is 9.76. The summed E-state index contributed by atoms with van der Waals surface area (Å²) in [4.78, 5) is 15.0. The number of carbonyl (C=O) groups is 1. The third kappa shape index (κ3) is 2.58. The van der Waals surface area contributed by atoms with E-state index in [-0.39, 0.29) is 10.6 Å². The summed E-state index contributed by atoms with van der Waals surface area (Å²) in [6, 6.07) is 6.02. The van der Waals surface area contributed by atoms with E-state index >= 15 is 0 Å². The molecule has 1 aromatic carbocycles. The molecular formula is C12H6Cl3NO2. The van der Waals surface area contributed by atoms with E-state index in [1.165, 1.54) is 18.3 Å². The quantitative estimate of drug-likeness (QED) is 0.836. The molecule has 0 fully saturated rings. The maximum absolute atomic E-state index is 10.9. The Bertz CT molecular complexity index is 605. The zero-order valence-electron chi connectivity index (χ0n) is 8.82. The number of pyridine rings is 1. The SMILES string of the molecule is O=C(O)c1ccnc(-c2cc(Cl)c(Cl)c(Cl)c2)c1. The number of halogens is 3. The second-order valence-corrected chi connectivity index (χ2v) is 4.68. The number of benzene rings is 1. The molecule has 0 saturated heterocycles. The highest BCUT2D eigenvalue weighted by Crippen LogP contribution is 2.34. The molecule has 0 amide bonds. The number of rotatable bonds is 2. The molecule has 2 rings (SSSR count). The lowest BCUT2D eigenvalue weighted by atomic mass is 10.1. The van der Waals surface area contributed by atoms with Crippen molar-refractivity contribution in [1.29, 1.82) is 0 Å². The first-order chi connectivity index (χ1) is 8.49. The molecule has 1 heterocycles. The van der Waals surface area contributed by atoms with Crippen LogP contribution >= 0.6 is 34.8 Å². The lowest BCUT2D eigenvalue weighted by molar-refractivity contribution is 0.0697. The van der Waals surface area contributed by atoms with E-state index in [2.05, 4.69) is 4.98 Å². The molecule has 0 spiro atoms. The van der Waals surface area contributed by atoms with Crippen molar-refractivity contribution in [3.8, 4) is 11.3 Å². The second kappa shape index (κ2) is 5.14. The standard InChI is InChI=1S/C12H6Cl3NO2/c13-8-3-7(4-9(14)11(8)15)10-5-6(12(17)18)1-2-16-10/h1-5H,(H,17,18). The van der Waals surface area contributed by atoms with Crippen molar-refractivity contribution in [2.45, 2.75) is 0 Å². The summed E-state index contributed by atoms with van der Waals surface area (Å²) in [5.74, 6) is -1.02. The first kappa shape index (κ1) is 13.1. The number of aromatic nitrogens is 1. The van der Waals surface area contributed by atoms with Crippen LogP contribution in [0, 0.1) is 0 Å². The minimum Gasteiger partial charge on any atom is -0.478 e. The fourth-order valence-electron chi connectivity index (χ4n) is 1.42. The smallest absolute Gasteiger partial charge is 0.335 e. The van der Waals surface area contributed by atoms with Gasteiger partial charge in [0.25, 0.3) is 0 Å². The van der Waals surface area contributed by atoms with Crippen LogP contribution in [0.5, 0.6) is 0 Å². The third-order valence-electron chi connectivity index (χ3n) is 2.29. The molecule has 3 nitrogen and oxygen atoms in total. The number of carboxylic acid groups (broad SMARTS) is 1. The van der Waals surface area contributed by atoms with Crippen molar-refractivity contribution < 1.29 is 9.90 Å². The van der Waals surface area contributed by atoms with Gasteiger partial charge < -0.3 is 5.11 Å². The molecule has 6 heteroatoms. The molecule has 0 unspecified atom stereocenters. The number of aromatic carboxylic acids is 1. The predicted molar refractivity (Wildman–Crippen MR) is 71.7 cm³/mol. The molecular weight excluding hydrogens is 296 g/mol. The number of nitrogens with zero attached hydrogens (tertiary/aromatic N) is 1. The lowest BCUT2D eigenvalue weighted by Crippen LogP contribution is -1.97.